The second kappa shape index (κ2) is 11.5. The lowest BCUT2D eigenvalue weighted by molar-refractivity contribution is 0.0964. The van der Waals surface area contributed by atoms with Gasteiger partial charge in [-0.25, -0.2) is 4.39 Å². The third-order valence-electron chi connectivity index (χ3n) is 5.38. The van der Waals surface area contributed by atoms with Crippen molar-refractivity contribution in [1.82, 2.24) is 5.32 Å². The van der Waals surface area contributed by atoms with Crippen molar-refractivity contribution >= 4 is 23.2 Å². The minimum absolute atomic E-state index is 0.134. The number of aliphatic hydroxyl groups excluding tert-OH is 1. The van der Waals surface area contributed by atoms with Crippen LogP contribution in [0.4, 0.5) is 4.39 Å². The number of aliphatic hydroxyl groups is 1. The number of furan rings is 1. The highest BCUT2D eigenvalue weighted by atomic mass is 19.1. The quantitative estimate of drug-likeness (QED) is 0.331. The first-order valence-electron chi connectivity index (χ1n) is 11.2. The Hall–Kier alpha value is -4.17. The van der Waals surface area contributed by atoms with E-state index in [1.54, 1.807) is 30.3 Å². The standard InChI is InChI=1S/C27H24FNO5.CH4O/c1-15(2)33-23-13-24-21(12-20(23)17-7-10-22(32-4)18(11-17)14-30)25(27(31)29-3)26(34-24)16-5-8-19(28)9-6-16;1-2/h5-15H,1-4H3,(H,29,31);2H,1H3. The largest absolute Gasteiger partial charge is 0.496 e. The predicted octanol–water partition coefficient (Wildman–Crippen LogP) is 5.48. The third kappa shape index (κ3) is 5.23. The van der Waals surface area contributed by atoms with Gasteiger partial charge >= 0.3 is 0 Å². The van der Waals surface area contributed by atoms with E-state index in [0.717, 1.165) is 13.4 Å². The first-order valence-corrected chi connectivity index (χ1v) is 11.2. The van der Waals surface area contributed by atoms with Gasteiger partial charge in [0.1, 0.15) is 28.7 Å². The van der Waals surface area contributed by atoms with Gasteiger partial charge < -0.3 is 24.3 Å². The molecule has 4 rings (SSSR count). The lowest BCUT2D eigenvalue weighted by Gasteiger charge is -2.15. The maximum Gasteiger partial charge on any atom is 0.255 e. The zero-order chi connectivity index (χ0) is 26.4. The molecule has 0 aliphatic carbocycles. The molecule has 4 aromatic rings. The Kier molecular flexibility index (Phi) is 8.45. The maximum absolute atomic E-state index is 13.5. The number of hydrogen-bond donors (Lipinski definition) is 2. The first kappa shape index (κ1) is 26.4. The lowest BCUT2D eigenvalue weighted by atomic mass is 9.98. The molecule has 1 aromatic heterocycles. The van der Waals surface area contributed by atoms with E-state index in [1.807, 2.05) is 26.0 Å². The number of carbonyl (C=O) groups excluding carboxylic acids is 2. The van der Waals surface area contributed by atoms with Crippen LogP contribution in [-0.2, 0) is 0 Å². The molecule has 0 saturated carbocycles. The summed E-state index contributed by atoms with van der Waals surface area (Å²) in [7, 11) is 4.03. The van der Waals surface area contributed by atoms with Crippen molar-refractivity contribution in [3.63, 3.8) is 0 Å². The number of amides is 1. The molecular formula is C28H28FNO6. The number of ether oxygens (including phenoxy) is 2. The van der Waals surface area contributed by atoms with E-state index in [0.29, 0.717) is 56.0 Å². The number of methoxy groups -OCH3 is 1. The molecule has 0 bridgehead atoms. The summed E-state index contributed by atoms with van der Waals surface area (Å²) in [5.74, 6) is 0.586. The molecule has 2 N–H and O–H groups in total. The van der Waals surface area contributed by atoms with Crippen LogP contribution in [0.25, 0.3) is 33.4 Å². The lowest BCUT2D eigenvalue weighted by Crippen LogP contribution is -2.18. The van der Waals surface area contributed by atoms with Crippen molar-refractivity contribution in [3.8, 4) is 33.9 Å². The van der Waals surface area contributed by atoms with Gasteiger partial charge in [0.25, 0.3) is 5.91 Å². The minimum Gasteiger partial charge on any atom is -0.496 e. The Morgan fingerprint density at radius 2 is 1.69 bits per heavy atom. The first-order chi connectivity index (χ1) is 17.4. The van der Waals surface area contributed by atoms with Crippen LogP contribution in [0.5, 0.6) is 11.5 Å². The fraction of sp³-hybridized carbons (Fsp3) is 0.214. The fourth-order valence-corrected chi connectivity index (χ4v) is 3.85. The molecule has 1 amide bonds. The van der Waals surface area contributed by atoms with Crippen molar-refractivity contribution in [2.75, 3.05) is 21.3 Å². The summed E-state index contributed by atoms with van der Waals surface area (Å²) in [5.41, 5.74) is 3.13. The molecule has 1 heterocycles. The van der Waals surface area contributed by atoms with Crippen molar-refractivity contribution in [3.05, 3.63) is 71.5 Å². The van der Waals surface area contributed by atoms with Gasteiger partial charge in [0.15, 0.2) is 6.29 Å². The smallest absolute Gasteiger partial charge is 0.255 e. The number of benzene rings is 3. The molecule has 0 spiro atoms. The summed E-state index contributed by atoms with van der Waals surface area (Å²) >= 11 is 0. The number of hydrogen-bond acceptors (Lipinski definition) is 6. The van der Waals surface area contributed by atoms with E-state index in [9.17, 15) is 14.0 Å². The highest BCUT2D eigenvalue weighted by Gasteiger charge is 2.24. The number of halogens is 1. The SMILES string of the molecule is CNC(=O)c1c(-c2ccc(F)cc2)oc2cc(OC(C)C)c(-c3ccc(OC)c(C=O)c3)cc12.CO. The molecule has 0 fully saturated rings. The molecule has 188 valence electrons. The van der Waals surface area contributed by atoms with E-state index in [2.05, 4.69) is 5.32 Å². The Morgan fingerprint density at radius 1 is 1.03 bits per heavy atom. The average molecular weight is 494 g/mol. The molecule has 8 heteroatoms. The van der Waals surface area contributed by atoms with E-state index < -0.39 is 0 Å². The van der Waals surface area contributed by atoms with Crippen LogP contribution >= 0.6 is 0 Å². The third-order valence-corrected chi connectivity index (χ3v) is 5.38. The summed E-state index contributed by atoms with van der Waals surface area (Å²) in [6.45, 7) is 3.81. The Morgan fingerprint density at radius 3 is 2.28 bits per heavy atom. The zero-order valence-electron chi connectivity index (χ0n) is 20.7. The topological polar surface area (TPSA) is 98.0 Å². The fourth-order valence-electron chi connectivity index (χ4n) is 3.85. The second-order valence-electron chi connectivity index (χ2n) is 7.98. The van der Waals surface area contributed by atoms with Gasteiger partial charge in [0.2, 0.25) is 0 Å². The molecule has 7 nitrogen and oxygen atoms in total. The minimum atomic E-state index is -0.387. The van der Waals surface area contributed by atoms with Crippen LogP contribution in [0.1, 0.15) is 34.6 Å². The van der Waals surface area contributed by atoms with Crippen molar-refractivity contribution in [2.45, 2.75) is 20.0 Å². The highest BCUT2D eigenvalue weighted by molar-refractivity contribution is 6.12. The van der Waals surface area contributed by atoms with E-state index in [4.69, 9.17) is 19.0 Å². The molecule has 3 aromatic carbocycles. The average Bonchev–Trinajstić information content (AvgIpc) is 3.26. The summed E-state index contributed by atoms with van der Waals surface area (Å²) < 4.78 is 30.9. The van der Waals surface area contributed by atoms with Crippen molar-refractivity contribution < 1.29 is 33.0 Å². The van der Waals surface area contributed by atoms with Crippen LogP contribution in [0.3, 0.4) is 0 Å². The maximum atomic E-state index is 13.5. The van der Waals surface area contributed by atoms with Crippen LogP contribution in [0.15, 0.2) is 59.0 Å². The predicted molar refractivity (Wildman–Crippen MR) is 136 cm³/mol. The van der Waals surface area contributed by atoms with Gasteiger partial charge in [-0.1, -0.05) is 6.07 Å². The summed E-state index contributed by atoms with van der Waals surface area (Å²) in [4.78, 5) is 24.5. The van der Waals surface area contributed by atoms with E-state index in [-0.39, 0.29) is 17.8 Å². The van der Waals surface area contributed by atoms with Gasteiger partial charge in [-0.2, -0.15) is 0 Å². The van der Waals surface area contributed by atoms with Crippen LogP contribution in [-0.4, -0.2) is 44.7 Å². The van der Waals surface area contributed by atoms with Gasteiger partial charge in [-0.05, 0) is 61.9 Å². The van der Waals surface area contributed by atoms with Crippen LogP contribution in [0, 0.1) is 5.82 Å². The molecule has 0 atom stereocenters. The normalized spacial score (nSPS) is 10.6. The van der Waals surface area contributed by atoms with Crippen LogP contribution in [0.2, 0.25) is 0 Å². The van der Waals surface area contributed by atoms with E-state index in [1.165, 1.54) is 26.3 Å². The zero-order valence-corrected chi connectivity index (χ0v) is 20.7. The molecule has 36 heavy (non-hydrogen) atoms. The highest BCUT2D eigenvalue weighted by Crippen LogP contribution is 2.41. The van der Waals surface area contributed by atoms with Gasteiger partial charge in [0.05, 0.1) is 24.3 Å². The van der Waals surface area contributed by atoms with Gasteiger partial charge in [-0.3, -0.25) is 9.59 Å². The van der Waals surface area contributed by atoms with Crippen LogP contribution < -0.4 is 14.8 Å². The second-order valence-corrected chi connectivity index (χ2v) is 7.98. The Balaban J connectivity index is 0.00000176. The number of aldehydes is 1. The molecular weight excluding hydrogens is 465 g/mol. The number of fused-ring (bicyclic) bond motifs is 1. The molecule has 0 radical (unpaired) electrons. The molecule has 0 unspecified atom stereocenters. The Labute approximate surface area is 208 Å². The van der Waals surface area contributed by atoms with Crippen molar-refractivity contribution in [1.29, 1.82) is 0 Å². The van der Waals surface area contributed by atoms with E-state index >= 15 is 0 Å². The summed E-state index contributed by atoms with van der Waals surface area (Å²) in [6, 6.07) is 14.5. The molecule has 0 saturated heterocycles. The molecule has 0 aliphatic heterocycles. The van der Waals surface area contributed by atoms with Crippen molar-refractivity contribution in [2.24, 2.45) is 0 Å². The van der Waals surface area contributed by atoms with Gasteiger partial charge in [0, 0.05) is 36.7 Å². The Bertz CT molecular complexity index is 1380. The summed E-state index contributed by atoms with van der Waals surface area (Å²) in [5, 5.41) is 10.2. The monoisotopic (exact) mass is 493 g/mol. The number of nitrogens with one attached hydrogen (secondary N) is 1. The van der Waals surface area contributed by atoms with Gasteiger partial charge in [-0.15, -0.1) is 0 Å². The number of rotatable bonds is 7. The molecule has 0 aliphatic rings. The number of carbonyl (C=O) groups is 2. The summed E-state index contributed by atoms with van der Waals surface area (Å²) in [6.07, 6.45) is 0.592.